The second kappa shape index (κ2) is 10.2. The molecule has 11 heteroatoms. The molecule has 0 aliphatic rings. The van der Waals surface area contributed by atoms with Gasteiger partial charge in [0.25, 0.3) is 0 Å². The molecule has 1 aromatic rings. The molecule has 0 bridgehead atoms. The topological polar surface area (TPSA) is 179 Å². The van der Waals surface area contributed by atoms with Gasteiger partial charge in [0.15, 0.2) is 0 Å². The van der Waals surface area contributed by atoms with E-state index >= 15 is 0 Å². The van der Waals surface area contributed by atoms with E-state index in [1.807, 2.05) is 0 Å². The molecular weight excluding hydrogens is 322 g/mol. The van der Waals surface area contributed by atoms with Crippen molar-refractivity contribution in [3.8, 4) is 0 Å². The van der Waals surface area contributed by atoms with Crippen molar-refractivity contribution in [3.63, 3.8) is 0 Å². The van der Waals surface area contributed by atoms with Crippen LogP contribution in [0.2, 0.25) is 0 Å². The molecule has 24 heavy (non-hydrogen) atoms. The molecule has 1 unspecified atom stereocenters. The molecule has 0 aliphatic heterocycles. The molecule has 6 N–H and O–H groups in total. The van der Waals surface area contributed by atoms with E-state index in [0.717, 1.165) is 5.69 Å². The number of aromatic amines is 1. The van der Waals surface area contributed by atoms with Gasteiger partial charge in [-0.25, -0.2) is 9.78 Å². The van der Waals surface area contributed by atoms with Crippen molar-refractivity contribution < 1.29 is 28.7 Å². The Kier molecular flexibility index (Phi) is 8.25. The number of ether oxygens (including phenoxy) is 2. The van der Waals surface area contributed by atoms with Crippen LogP contribution in [0.15, 0.2) is 12.5 Å². The van der Waals surface area contributed by atoms with E-state index in [1.165, 1.54) is 6.33 Å². The van der Waals surface area contributed by atoms with Gasteiger partial charge in [0.2, 0.25) is 0 Å². The van der Waals surface area contributed by atoms with E-state index in [9.17, 15) is 19.2 Å². The Hall–Kier alpha value is -2.63. The molecular formula is C13H19N5O6. The predicted molar refractivity (Wildman–Crippen MR) is 79.0 cm³/mol. The molecule has 0 amide bonds. The van der Waals surface area contributed by atoms with E-state index < -0.39 is 49.4 Å². The maximum atomic E-state index is 11.9. The summed E-state index contributed by atoms with van der Waals surface area (Å²) in [7, 11) is 0. The number of nitrogens with one attached hydrogen (secondary N) is 2. The average molecular weight is 341 g/mol. The number of carbonyl (C=O) groups excluding carboxylic acids is 4. The minimum Gasteiger partial charge on any atom is -0.392 e. The van der Waals surface area contributed by atoms with Crippen LogP contribution in [0.5, 0.6) is 0 Å². The number of nitrogens with zero attached hydrogens (tertiary/aromatic N) is 1. The quantitative estimate of drug-likeness (QED) is 0.274. The lowest BCUT2D eigenvalue weighted by atomic mass is 10.2. The number of hydrogen-bond acceptors (Lipinski definition) is 10. The first kappa shape index (κ1) is 19.4. The average Bonchev–Trinajstić information content (AvgIpc) is 3.06. The molecule has 0 saturated heterocycles. The zero-order valence-corrected chi connectivity index (χ0v) is 12.8. The Morgan fingerprint density at radius 3 is 2.38 bits per heavy atom. The zero-order chi connectivity index (χ0) is 17.9. The summed E-state index contributed by atoms with van der Waals surface area (Å²) in [6, 6.07) is -1.18. The van der Waals surface area contributed by atoms with Crippen molar-refractivity contribution in [1.29, 1.82) is 0 Å². The largest absolute Gasteiger partial charge is 0.392 e. The number of carbonyl (C=O) groups is 4. The molecule has 0 spiro atoms. The molecule has 132 valence electrons. The van der Waals surface area contributed by atoms with Gasteiger partial charge < -0.3 is 31.2 Å². The second-order valence-electron chi connectivity index (χ2n) is 4.59. The highest BCUT2D eigenvalue weighted by molar-refractivity contribution is 5.93. The van der Waals surface area contributed by atoms with Gasteiger partial charge in [-0.3, -0.25) is 14.4 Å². The van der Waals surface area contributed by atoms with Gasteiger partial charge >= 0.3 is 23.9 Å². The third-order valence-corrected chi connectivity index (χ3v) is 2.77. The highest BCUT2D eigenvalue weighted by Gasteiger charge is 2.26. The van der Waals surface area contributed by atoms with E-state index in [0.29, 0.717) is 6.42 Å². The Morgan fingerprint density at radius 2 is 1.79 bits per heavy atom. The van der Waals surface area contributed by atoms with Crippen LogP contribution < -0.4 is 16.8 Å². The van der Waals surface area contributed by atoms with Crippen LogP contribution in [0, 0.1) is 0 Å². The van der Waals surface area contributed by atoms with Crippen LogP contribution in [-0.4, -0.2) is 59.5 Å². The minimum atomic E-state index is -1.18. The van der Waals surface area contributed by atoms with E-state index in [1.54, 1.807) is 6.20 Å². The molecule has 1 atom stereocenters. The van der Waals surface area contributed by atoms with Crippen molar-refractivity contribution in [2.75, 3.05) is 19.6 Å². The Balaban J connectivity index is 2.59. The van der Waals surface area contributed by atoms with Crippen molar-refractivity contribution in [2.24, 2.45) is 11.5 Å². The van der Waals surface area contributed by atoms with Gasteiger partial charge in [0.1, 0.15) is 6.04 Å². The van der Waals surface area contributed by atoms with E-state index in [2.05, 4.69) is 24.8 Å². The van der Waals surface area contributed by atoms with Crippen LogP contribution >= 0.6 is 0 Å². The smallest absolute Gasteiger partial charge is 0.331 e. The van der Waals surface area contributed by atoms with Gasteiger partial charge in [-0.15, -0.1) is 0 Å². The lowest BCUT2D eigenvalue weighted by Gasteiger charge is -2.15. The first-order chi connectivity index (χ1) is 11.5. The first-order valence-corrected chi connectivity index (χ1v) is 7.05. The fourth-order valence-corrected chi connectivity index (χ4v) is 1.64. The van der Waals surface area contributed by atoms with Crippen molar-refractivity contribution in [2.45, 2.75) is 18.9 Å². The van der Waals surface area contributed by atoms with Gasteiger partial charge in [0.05, 0.1) is 25.8 Å². The number of hydrogen-bond donors (Lipinski definition) is 4. The van der Waals surface area contributed by atoms with E-state index in [4.69, 9.17) is 11.5 Å². The number of aromatic nitrogens is 2. The van der Waals surface area contributed by atoms with E-state index in [-0.39, 0.29) is 6.54 Å². The summed E-state index contributed by atoms with van der Waals surface area (Å²) in [4.78, 5) is 52.3. The monoisotopic (exact) mass is 341 g/mol. The van der Waals surface area contributed by atoms with Gasteiger partial charge in [-0.05, 0) is 0 Å². The molecule has 0 aromatic carbocycles. The Bertz CT molecular complexity index is 573. The third kappa shape index (κ3) is 7.09. The highest BCUT2D eigenvalue weighted by Crippen LogP contribution is 2.01. The summed E-state index contributed by atoms with van der Waals surface area (Å²) in [6.07, 6.45) is 3.06. The maximum absolute atomic E-state index is 11.9. The molecule has 0 saturated carbocycles. The zero-order valence-electron chi connectivity index (χ0n) is 12.8. The SMILES string of the molecule is NCC(=O)OC(=O)CC(NCCc1cnc[nH]1)C(=O)OC(=O)CN. The molecule has 1 heterocycles. The summed E-state index contributed by atoms with van der Waals surface area (Å²) in [5.74, 6) is -3.83. The lowest BCUT2D eigenvalue weighted by Crippen LogP contribution is -2.43. The summed E-state index contributed by atoms with van der Waals surface area (Å²) < 4.78 is 8.87. The van der Waals surface area contributed by atoms with Gasteiger partial charge in [-0.1, -0.05) is 0 Å². The molecule has 1 rings (SSSR count). The van der Waals surface area contributed by atoms with Crippen LogP contribution in [0.4, 0.5) is 0 Å². The number of imidazole rings is 1. The molecule has 0 radical (unpaired) electrons. The highest BCUT2D eigenvalue weighted by atomic mass is 16.6. The number of rotatable bonds is 9. The van der Waals surface area contributed by atoms with Crippen LogP contribution in [-0.2, 0) is 35.1 Å². The maximum Gasteiger partial charge on any atom is 0.331 e. The second-order valence-corrected chi connectivity index (χ2v) is 4.59. The van der Waals surface area contributed by atoms with Crippen LogP contribution in [0.25, 0.3) is 0 Å². The van der Waals surface area contributed by atoms with Crippen molar-refractivity contribution >= 4 is 23.9 Å². The van der Waals surface area contributed by atoms with Crippen molar-refractivity contribution in [1.82, 2.24) is 15.3 Å². The summed E-state index contributed by atoms with van der Waals surface area (Å²) >= 11 is 0. The molecule has 0 aliphatic carbocycles. The summed E-state index contributed by atoms with van der Waals surface area (Å²) in [5, 5.41) is 2.75. The Morgan fingerprint density at radius 1 is 1.12 bits per heavy atom. The molecule has 11 nitrogen and oxygen atoms in total. The predicted octanol–water partition coefficient (Wildman–Crippen LogP) is -2.64. The number of nitrogens with two attached hydrogens (primary N) is 2. The molecule has 0 fully saturated rings. The number of esters is 4. The minimum absolute atomic E-state index is 0.275. The van der Waals surface area contributed by atoms with Crippen LogP contribution in [0.3, 0.4) is 0 Å². The van der Waals surface area contributed by atoms with Gasteiger partial charge in [-0.2, -0.15) is 0 Å². The third-order valence-electron chi connectivity index (χ3n) is 2.77. The summed E-state index contributed by atoms with van der Waals surface area (Å²) in [5.41, 5.74) is 10.9. The Labute approximate surface area is 137 Å². The number of H-pyrrole nitrogens is 1. The van der Waals surface area contributed by atoms with Crippen LogP contribution in [0.1, 0.15) is 12.1 Å². The summed E-state index contributed by atoms with van der Waals surface area (Å²) in [6.45, 7) is -0.681. The fraction of sp³-hybridized carbons (Fsp3) is 0.462. The lowest BCUT2D eigenvalue weighted by molar-refractivity contribution is -0.165. The van der Waals surface area contributed by atoms with Gasteiger partial charge in [0, 0.05) is 24.9 Å². The normalized spacial score (nSPS) is 11.6. The molecule has 1 aromatic heterocycles. The fourth-order valence-electron chi connectivity index (χ4n) is 1.64. The van der Waals surface area contributed by atoms with Crippen molar-refractivity contribution in [3.05, 3.63) is 18.2 Å². The standard InChI is InChI=1S/C13H19N5O6/c14-4-11(20)23-10(19)3-9(13(22)24-12(21)5-15)17-2-1-8-6-16-7-18-8/h6-7,9,17H,1-5,14-15H2,(H,16,18). The first-order valence-electron chi connectivity index (χ1n) is 7.05.